The fourth-order valence-electron chi connectivity index (χ4n) is 0.884. The molecule has 0 bridgehead atoms. The smallest absolute Gasteiger partial charge is 0.0683 e. The maximum absolute atomic E-state index is 8.68. The standard InChI is InChI=1S/C10H17N/c1-4-5-6-7-8-10(2,3)9-11/h4-5H,6-8H2,1-3H3/b5-4+. The van der Waals surface area contributed by atoms with Crippen LogP contribution in [0.2, 0.25) is 0 Å². The molecule has 0 atom stereocenters. The SMILES string of the molecule is C/C=C/CCCC(C)(C)C#N. The van der Waals surface area contributed by atoms with Crippen LogP contribution < -0.4 is 0 Å². The van der Waals surface area contributed by atoms with E-state index < -0.39 is 0 Å². The number of nitrogens with zero attached hydrogens (tertiary/aromatic N) is 1. The maximum Gasteiger partial charge on any atom is 0.0683 e. The van der Waals surface area contributed by atoms with Crippen molar-refractivity contribution < 1.29 is 0 Å². The van der Waals surface area contributed by atoms with Crippen LogP contribution in [0.5, 0.6) is 0 Å². The summed E-state index contributed by atoms with van der Waals surface area (Å²) in [4.78, 5) is 0. The Labute approximate surface area is 69.7 Å². The van der Waals surface area contributed by atoms with Crippen LogP contribution in [0, 0.1) is 16.7 Å². The molecule has 0 saturated carbocycles. The van der Waals surface area contributed by atoms with E-state index >= 15 is 0 Å². The number of hydrogen-bond donors (Lipinski definition) is 0. The van der Waals surface area contributed by atoms with Gasteiger partial charge in [-0.1, -0.05) is 12.2 Å². The summed E-state index contributed by atoms with van der Waals surface area (Å²) in [5.41, 5.74) is -0.137. The topological polar surface area (TPSA) is 23.8 Å². The lowest BCUT2D eigenvalue weighted by Crippen LogP contribution is -2.06. The Morgan fingerprint density at radius 1 is 1.45 bits per heavy atom. The van der Waals surface area contributed by atoms with E-state index in [1.165, 1.54) is 0 Å². The van der Waals surface area contributed by atoms with Crippen molar-refractivity contribution in [3.63, 3.8) is 0 Å². The van der Waals surface area contributed by atoms with Gasteiger partial charge in [-0.15, -0.1) is 0 Å². The van der Waals surface area contributed by atoms with Crippen molar-refractivity contribution in [1.29, 1.82) is 5.26 Å². The van der Waals surface area contributed by atoms with E-state index in [0.29, 0.717) is 0 Å². The van der Waals surface area contributed by atoms with Gasteiger partial charge in [0.05, 0.1) is 11.5 Å². The Morgan fingerprint density at radius 2 is 2.09 bits per heavy atom. The molecular weight excluding hydrogens is 134 g/mol. The van der Waals surface area contributed by atoms with Crippen molar-refractivity contribution in [1.82, 2.24) is 0 Å². The van der Waals surface area contributed by atoms with Gasteiger partial charge in [-0.05, 0) is 40.0 Å². The summed E-state index contributed by atoms with van der Waals surface area (Å²) in [5, 5.41) is 8.68. The van der Waals surface area contributed by atoms with E-state index in [9.17, 15) is 0 Å². The molecule has 0 aromatic heterocycles. The molecule has 1 nitrogen and oxygen atoms in total. The summed E-state index contributed by atoms with van der Waals surface area (Å²) in [6, 6.07) is 2.29. The average Bonchev–Trinajstić information content (AvgIpc) is 1.99. The van der Waals surface area contributed by atoms with Crippen molar-refractivity contribution >= 4 is 0 Å². The molecule has 0 saturated heterocycles. The predicted octanol–water partition coefficient (Wildman–Crippen LogP) is 3.28. The van der Waals surface area contributed by atoms with Crippen LogP contribution in [0.4, 0.5) is 0 Å². The number of hydrogen-bond acceptors (Lipinski definition) is 1. The summed E-state index contributed by atoms with van der Waals surface area (Å²) >= 11 is 0. The summed E-state index contributed by atoms with van der Waals surface area (Å²) in [5.74, 6) is 0. The molecule has 0 aliphatic carbocycles. The Hall–Kier alpha value is -0.770. The quantitative estimate of drug-likeness (QED) is 0.447. The zero-order valence-electron chi connectivity index (χ0n) is 7.72. The van der Waals surface area contributed by atoms with Crippen LogP contribution in [-0.2, 0) is 0 Å². The van der Waals surface area contributed by atoms with Gasteiger partial charge in [-0.2, -0.15) is 5.26 Å². The van der Waals surface area contributed by atoms with E-state index in [4.69, 9.17) is 5.26 Å². The normalized spacial score (nSPS) is 11.8. The monoisotopic (exact) mass is 151 g/mol. The summed E-state index contributed by atoms with van der Waals surface area (Å²) in [7, 11) is 0. The molecule has 0 radical (unpaired) electrons. The Balaban J connectivity index is 3.48. The molecule has 0 aliphatic heterocycles. The number of unbranched alkanes of at least 4 members (excludes halogenated alkanes) is 1. The first kappa shape index (κ1) is 10.2. The van der Waals surface area contributed by atoms with E-state index in [2.05, 4.69) is 18.2 Å². The minimum Gasteiger partial charge on any atom is -0.198 e. The van der Waals surface area contributed by atoms with Gasteiger partial charge in [0.2, 0.25) is 0 Å². The molecule has 0 amide bonds. The summed E-state index contributed by atoms with van der Waals surface area (Å²) in [6.07, 6.45) is 7.41. The molecule has 62 valence electrons. The van der Waals surface area contributed by atoms with E-state index in [0.717, 1.165) is 19.3 Å². The van der Waals surface area contributed by atoms with Crippen LogP contribution >= 0.6 is 0 Å². The largest absolute Gasteiger partial charge is 0.198 e. The van der Waals surface area contributed by atoms with Gasteiger partial charge in [0.25, 0.3) is 0 Å². The van der Waals surface area contributed by atoms with E-state index in [-0.39, 0.29) is 5.41 Å². The molecule has 1 heteroatoms. The first-order valence-electron chi connectivity index (χ1n) is 4.15. The van der Waals surface area contributed by atoms with Crippen molar-refractivity contribution in [2.24, 2.45) is 5.41 Å². The molecule has 0 N–H and O–H groups in total. The van der Waals surface area contributed by atoms with Crippen molar-refractivity contribution in [2.75, 3.05) is 0 Å². The van der Waals surface area contributed by atoms with Gasteiger partial charge in [0.15, 0.2) is 0 Å². The highest BCUT2D eigenvalue weighted by molar-refractivity contribution is 4.92. The third-order valence-electron chi connectivity index (χ3n) is 1.71. The fraction of sp³-hybridized carbons (Fsp3) is 0.700. The van der Waals surface area contributed by atoms with Gasteiger partial charge in [-0.3, -0.25) is 0 Å². The highest BCUT2D eigenvalue weighted by Gasteiger charge is 2.14. The third-order valence-corrected chi connectivity index (χ3v) is 1.71. The predicted molar refractivity (Wildman–Crippen MR) is 48.1 cm³/mol. The lowest BCUT2D eigenvalue weighted by molar-refractivity contribution is 0.437. The van der Waals surface area contributed by atoms with Gasteiger partial charge >= 0.3 is 0 Å². The number of nitriles is 1. The van der Waals surface area contributed by atoms with Crippen LogP contribution in [0.25, 0.3) is 0 Å². The Bertz CT molecular complexity index is 160. The molecule has 0 aromatic carbocycles. The molecule has 0 unspecified atom stereocenters. The van der Waals surface area contributed by atoms with E-state index in [1.807, 2.05) is 20.8 Å². The Morgan fingerprint density at radius 3 is 2.55 bits per heavy atom. The zero-order valence-corrected chi connectivity index (χ0v) is 7.72. The average molecular weight is 151 g/mol. The molecule has 0 fully saturated rings. The lowest BCUT2D eigenvalue weighted by Gasteiger charge is -2.13. The fourth-order valence-corrected chi connectivity index (χ4v) is 0.884. The van der Waals surface area contributed by atoms with Crippen molar-refractivity contribution in [3.05, 3.63) is 12.2 Å². The third kappa shape index (κ3) is 5.66. The molecule has 0 aromatic rings. The van der Waals surface area contributed by atoms with Gasteiger partial charge in [0, 0.05) is 0 Å². The number of rotatable bonds is 4. The first-order chi connectivity index (χ1) is 5.12. The second kappa shape index (κ2) is 4.96. The second-order valence-corrected chi connectivity index (χ2v) is 3.46. The van der Waals surface area contributed by atoms with Crippen molar-refractivity contribution in [2.45, 2.75) is 40.0 Å². The zero-order chi connectivity index (χ0) is 8.74. The minimum atomic E-state index is -0.137. The molecule has 0 rings (SSSR count). The highest BCUT2D eigenvalue weighted by atomic mass is 14.3. The first-order valence-corrected chi connectivity index (χ1v) is 4.15. The van der Waals surface area contributed by atoms with Crippen LogP contribution in [-0.4, -0.2) is 0 Å². The maximum atomic E-state index is 8.68. The number of allylic oxidation sites excluding steroid dienone is 2. The summed E-state index contributed by atoms with van der Waals surface area (Å²) in [6.45, 7) is 6.00. The van der Waals surface area contributed by atoms with Gasteiger partial charge in [-0.25, -0.2) is 0 Å². The highest BCUT2D eigenvalue weighted by Crippen LogP contribution is 2.21. The van der Waals surface area contributed by atoms with E-state index in [1.54, 1.807) is 0 Å². The molecule has 0 spiro atoms. The van der Waals surface area contributed by atoms with Crippen molar-refractivity contribution in [3.8, 4) is 6.07 Å². The minimum absolute atomic E-state index is 0.137. The molecule has 0 aliphatic rings. The molecular formula is C10H17N. The van der Waals surface area contributed by atoms with Gasteiger partial charge < -0.3 is 0 Å². The Kier molecular flexibility index (Phi) is 4.61. The van der Waals surface area contributed by atoms with Crippen LogP contribution in [0.15, 0.2) is 12.2 Å². The lowest BCUT2D eigenvalue weighted by atomic mass is 9.89. The second-order valence-electron chi connectivity index (χ2n) is 3.46. The molecule has 0 heterocycles. The van der Waals surface area contributed by atoms with Crippen LogP contribution in [0.1, 0.15) is 40.0 Å². The molecule has 11 heavy (non-hydrogen) atoms. The van der Waals surface area contributed by atoms with Crippen LogP contribution in [0.3, 0.4) is 0 Å². The van der Waals surface area contributed by atoms with Gasteiger partial charge in [0.1, 0.15) is 0 Å². The summed E-state index contributed by atoms with van der Waals surface area (Å²) < 4.78 is 0.